The van der Waals surface area contributed by atoms with Crippen molar-refractivity contribution < 1.29 is 9.13 Å². The van der Waals surface area contributed by atoms with Crippen LogP contribution >= 0.6 is 0 Å². The van der Waals surface area contributed by atoms with Crippen LogP contribution in [0.4, 0.5) is 4.39 Å². The fraction of sp³-hybridized carbons (Fsp3) is 0.333. The number of hydrogen-bond donors (Lipinski definition) is 1. The summed E-state index contributed by atoms with van der Waals surface area (Å²) in [6, 6.07) is 4.39. The first-order valence-corrected chi connectivity index (χ1v) is 4.89. The first kappa shape index (κ1) is 11.7. The number of rotatable bonds is 4. The summed E-state index contributed by atoms with van der Waals surface area (Å²) in [7, 11) is 0. The normalized spacial score (nSPS) is 14.4. The summed E-state index contributed by atoms with van der Waals surface area (Å²) >= 11 is 0. The third kappa shape index (κ3) is 3.06. The van der Waals surface area contributed by atoms with Gasteiger partial charge in [0, 0.05) is 17.7 Å². The van der Waals surface area contributed by atoms with Crippen molar-refractivity contribution in [3.63, 3.8) is 0 Å². The van der Waals surface area contributed by atoms with Gasteiger partial charge in [-0.25, -0.2) is 4.39 Å². The van der Waals surface area contributed by atoms with Crippen LogP contribution in [-0.2, 0) is 0 Å². The zero-order valence-corrected chi connectivity index (χ0v) is 9.03. The quantitative estimate of drug-likeness (QED) is 0.774. The van der Waals surface area contributed by atoms with E-state index in [0.29, 0.717) is 11.3 Å². The molecular weight excluding hydrogens is 193 g/mol. The molecule has 2 nitrogen and oxygen atoms in total. The highest BCUT2D eigenvalue weighted by atomic mass is 19.1. The monoisotopic (exact) mass is 209 g/mol. The Hall–Kier alpha value is -1.35. The van der Waals surface area contributed by atoms with E-state index in [1.165, 1.54) is 6.07 Å². The lowest BCUT2D eigenvalue weighted by atomic mass is 10.1. The maximum atomic E-state index is 13.5. The molecule has 0 saturated heterocycles. The molecule has 1 rings (SSSR count). The standard InChI is InChI=1S/C12H16FNO/c1-4-8(2)15-10-5-6-11(9(3)14)12(13)7-10/h4-9H,1,14H2,2-3H3/t8?,9-/m0/s1. The third-order valence-electron chi connectivity index (χ3n) is 2.12. The molecule has 0 aliphatic carbocycles. The molecule has 3 heteroatoms. The highest BCUT2D eigenvalue weighted by molar-refractivity contribution is 5.30. The van der Waals surface area contributed by atoms with Gasteiger partial charge in [0.25, 0.3) is 0 Å². The molecule has 2 N–H and O–H groups in total. The molecule has 15 heavy (non-hydrogen) atoms. The Bertz CT molecular complexity index is 349. The van der Waals surface area contributed by atoms with Gasteiger partial charge in [0.2, 0.25) is 0 Å². The molecule has 0 aromatic heterocycles. The molecule has 0 bridgehead atoms. The summed E-state index contributed by atoms with van der Waals surface area (Å²) in [5.74, 6) is 0.156. The predicted octanol–water partition coefficient (Wildman–Crippen LogP) is 2.80. The van der Waals surface area contributed by atoms with E-state index in [1.54, 1.807) is 25.1 Å². The lowest BCUT2D eigenvalue weighted by Gasteiger charge is -2.12. The van der Waals surface area contributed by atoms with Crippen molar-refractivity contribution in [2.45, 2.75) is 26.0 Å². The smallest absolute Gasteiger partial charge is 0.131 e. The highest BCUT2D eigenvalue weighted by Gasteiger charge is 2.08. The van der Waals surface area contributed by atoms with Crippen LogP contribution in [0.5, 0.6) is 5.75 Å². The van der Waals surface area contributed by atoms with Gasteiger partial charge in [-0.15, -0.1) is 0 Å². The molecule has 0 aliphatic rings. The SMILES string of the molecule is C=CC(C)Oc1ccc([C@H](C)N)c(F)c1. The van der Waals surface area contributed by atoms with E-state index in [9.17, 15) is 4.39 Å². The summed E-state index contributed by atoms with van der Waals surface area (Å²) in [6.07, 6.45) is 1.52. The zero-order valence-electron chi connectivity index (χ0n) is 9.03. The van der Waals surface area contributed by atoms with E-state index in [1.807, 2.05) is 6.92 Å². The van der Waals surface area contributed by atoms with Gasteiger partial charge in [0.05, 0.1) is 0 Å². The van der Waals surface area contributed by atoms with Gasteiger partial charge < -0.3 is 10.5 Å². The Balaban J connectivity index is 2.86. The van der Waals surface area contributed by atoms with Crippen molar-refractivity contribution in [1.82, 2.24) is 0 Å². The minimum atomic E-state index is -0.334. The molecule has 0 amide bonds. The Morgan fingerprint density at radius 3 is 2.60 bits per heavy atom. The van der Waals surface area contributed by atoms with E-state index in [0.717, 1.165) is 0 Å². The van der Waals surface area contributed by atoms with Crippen LogP contribution in [0.15, 0.2) is 30.9 Å². The van der Waals surface area contributed by atoms with Crippen molar-refractivity contribution in [3.05, 3.63) is 42.2 Å². The molecule has 1 unspecified atom stereocenters. The number of ether oxygens (including phenoxy) is 1. The van der Waals surface area contributed by atoms with Gasteiger partial charge in [-0.2, -0.15) is 0 Å². The van der Waals surface area contributed by atoms with Gasteiger partial charge in [-0.3, -0.25) is 0 Å². The molecule has 0 saturated carbocycles. The van der Waals surface area contributed by atoms with Crippen LogP contribution in [0.3, 0.4) is 0 Å². The summed E-state index contributed by atoms with van der Waals surface area (Å²) in [6.45, 7) is 7.17. The number of nitrogens with two attached hydrogens (primary N) is 1. The van der Waals surface area contributed by atoms with Gasteiger partial charge in [-0.1, -0.05) is 18.7 Å². The maximum absolute atomic E-state index is 13.5. The molecule has 1 aromatic rings. The average molecular weight is 209 g/mol. The first-order chi connectivity index (χ1) is 7.04. The fourth-order valence-electron chi connectivity index (χ4n) is 1.21. The first-order valence-electron chi connectivity index (χ1n) is 4.89. The Labute approximate surface area is 89.6 Å². The van der Waals surface area contributed by atoms with Crippen molar-refractivity contribution in [3.8, 4) is 5.75 Å². The second kappa shape index (κ2) is 4.94. The second-order valence-electron chi connectivity index (χ2n) is 3.53. The van der Waals surface area contributed by atoms with E-state index in [2.05, 4.69) is 6.58 Å². The molecule has 0 heterocycles. The van der Waals surface area contributed by atoms with Gasteiger partial charge in [0.1, 0.15) is 17.7 Å². The van der Waals surface area contributed by atoms with Crippen molar-refractivity contribution >= 4 is 0 Å². The lowest BCUT2D eigenvalue weighted by Crippen LogP contribution is -2.10. The molecule has 1 aromatic carbocycles. The summed E-state index contributed by atoms with van der Waals surface area (Å²) < 4.78 is 18.8. The van der Waals surface area contributed by atoms with E-state index < -0.39 is 0 Å². The molecule has 0 fully saturated rings. The second-order valence-corrected chi connectivity index (χ2v) is 3.53. The molecule has 0 aliphatic heterocycles. The van der Waals surface area contributed by atoms with Crippen LogP contribution in [-0.4, -0.2) is 6.10 Å². The zero-order chi connectivity index (χ0) is 11.4. The summed E-state index contributed by atoms with van der Waals surface area (Å²) in [5, 5.41) is 0. The van der Waals surface area contributed by atoms with E-state index >= 15 is 0 Å². The molecule has 0 radical (unpaired) electrons. The van der Waals surface area contributed by atoms with Crippen LogP contribution < -0.4 is 10.5 Å². The molecular formula is C12H16FNO. The van der Waals surface area contributed by atoms with Crippen molar-refractivity contribution in [1.29, 1.82) is 0 Å². The van der Waals surface area contributed by atoms with E-state index in [-0.39, 0.29) is 18.0 Å². The minimum absolute atomic E-state index is 0.134. The lowest BCUT2D eigenvalue weighted by molar-refractivity contribution is 0.269. The van der Waals surface area contributed by atoms with Gasteiger partial charge >= 0.3 is 0 Å². The maximum Gasteiger partial charge on any atom is 0.131 e. The van der Waals surface area contributed by atoms with Crippen LogP contribution in [0, 0.1) is 5.82 Å². The Kier molecular flexibility index (Phi) is 3.86. The van der Waals surface area contributed by atoms with Crippen LogP contribution in [0.2, 0.25) is 0 Å². The Morgan fingerprint density at radius 1 is 1.47 bits per heavy atom. The number of halogens is 1. The van der Waals surface area contributed by atoms with Crippen molar-refractivity contribution in [2.75, 3.05) is 0 Å². The topological polar surface area (TPSA) is 35.2 Å². The molecule has 2 atom stereocenters. The van der Waals surface area contributed by atoms with E-state index in [4.69, 9.17) is 10.5 Å². The van der Waals surface area contributed by atoms with Crippen LogP contribution in [0.25, 0.3) is 0 Å². The van der Waals surface area contributed by atoms with Crippen LogP contribution in [0.1, 0.15) is 25.5 Å². The summed E-state index contributed by atoms with van der Waals surface area (Å²) in [5.41, 5.74) is 6.09. The number of hydrogen-bond acceptors (Lipinski definition) is 2. The van der Waals surface area contributed by atoms with Gasteiger partial charge in [0.15, 0.2) is 0 Å². The third-order valence-corrected chi connectivity index (χ3v) is 2.12. The molecule has 0 spiro atoms. The average Bonchev–Trinajstić information content (AvgIpc) is 2.17. The van der Waals surface area contributed by atoms with Crippen molar-refractivity contribution in [2.24, 2.45) is 5.73 Å². The van der Waals surface area contributed by atoms with Gasteiger partial charge in [-0.05, 0) is 19.9 Å². The summed E-state index contributed by atoms with van der Waals surface area (Å²) in [4.78, 5) is 0. The predicted molar refractivity (Wildman–Crippen MR) is 59.3 cm³/mol. The number of benzene rings is 1. The minimum Gasteiger partial charge on any atom is -0.487 e. The highest BCUT2D eigenvalue weighted by Crippen LogP contribution is 2.21. The fourth-order valence-corrected chi connectivity index (χ4v) is 1.21. The molecule has 82 valence electrons. The largest absolute Gasteiger partial charge is 0.487 e. The Morgan fingerprint density at radius 2 is 2.13 bits per heavy atom.